The second-order valence-corrected chi connectivity index (χ2v) is 4.19. The monoisotopic (exact) mass is 262 g/mol. The number of hydrogen-bond acceptors (Lipinski definition) is 7. The number of rotatable bonds is 4. The molecule has 1 aromatic rings. The molecule has 0 aliphatic heterocycles. The van der Waals surface area contributed by atoms with E-state index in [9.17, 15) is 4.79 Å². The van der Waals surface area contributed by atoms with Crippen molar-refractivity contribution in [3.05, 3.63) is 11.5 Å². The highest BCUT2D eigenvalue weighted by atomic mass is 35.5. The summed E-state index contributed by atoms with van der Waals surface area (Å²) in [6, 6.07) is -0.719. The maximum absolute atomic E-state index is 11.0. The second-order valence-electron chi connectivity index (χ2n) is 2.84. The van der Waals surface area contributed by atoms with Gasteiger partial charge in [0.2, 0.25) is 5.28 Å². The lowest BCUT2D eigenvalue weighted by Crippen LogP contribution is -2.33. The van der Waals surface area contributed by atoms with E-state index in [1.807, 2.05) is 0 Å². The molecule has 1 atom stereocenters. The third kappa shape index (κ3) is 3.51. The molecule has 1 rings (SSSR count). The standard InChI is InChI=1S/C8H11ClN4O2S/c1-15-7(14)5(11)3-16-6-4(10)2-12-8(9)13-6/h2,5H,3,10-11H2,1H3/t5-/m0/s1. The van der Waals surface area contributed by atoms with Crippen LogP contribution in [0.25, 0.3) is 0 Å². The quantitative estimate of drug-likeness (QED) is 0.348. The number of aromatic nitrogens is 2. The molecule has 0 bridgehead atoms. The van der Waals surface area contributed by atoms with Crippen LogP contribution < -0.4 is 11.5 Å². The Bertz CT molecular complexity index is 390. The van der Waals surface area contributed by atoms with Crippen LogP contribution in [0.2, 0.25) is 5.28 Å². The fraction of sp³-hybridized carbons (Fsp3) is 0.375. The van der Waals surface area contributed by atoms with Gasteiger partial charge in [-0.15, -0.1) is 11.8 Å². The predicted octanol–water partition coefficient (Wildman–Crippen LogP) is 0.305. The summed E-state index contributed by atoms with van der Waals surface area (Å²) >= 11 is 6.83. The van der Waals surface area contributed by atoms with Crippen molar-refractivity contribution in [2.75, 3.05) is 18.6 Å². The van der Waals surface area contributed by atoms with Crippen molar-refractivity contribution < 1.29 is 9.53 Å². The highest BCUT2D eigenvalue weighted by molar-refractivity contribution is 7.99. The van der Waals surface area contributed by atoms with Crippen LogP contribution in [0.3, 0.4) is 0 Å². The van der Waals surface area contributed by atoms with E-state index in [0.29, 0.717) is 16.5 Å². The number of carbonyl (C=O) groups is 1. The highest BCUT2D eigenvalue weighted by Crippen LogP contribution is 2.23. The second kappa shape index (κ2) is 5.88. The SMILES string of the molecule is COC(=O)[C@@H](N)CSc1nc(Cl)ncc1N. The van der Waals surface area contributed by atoms with Crippen molar-refractivity contribution in [3.8, 4) is 0 Å². The van der Waals surface area contributed by atoms with E-state index >= 15 is 0 Å². The van der Waals surface area contributed by atoms with E-state index in [0.717, 1.165) is 0 Å². The van der Waals surface area contributed by atoms with Crippen LogP contribution in [-0.4, -0.2) is 34.8 Å². The van der Waals surface area contributed by atoms with Gasteiger partial charge in [0, 0.05) is 5.75 Å². The van der Waals surface area contributed by atoms with Crippen LogP contribution in [0.5, 0.6) is 0 Å². The zero-order chi connectivity index (χ0) is 12.1. The zero-order valence-electron chi connectivity index (χ0n) is 8.51. The van der Waals surface area contributed by atoms with Crippen molar-refractivity contribution in [2.45, 2.75) is 11.1 Å². The summed E-state index contributed by atoms with van der Waals surface area (Å²) in [6.45, 7) is 0. The third-order valence-corrected chi connectivity index (χ3v) is 2.96. The molecule has 6 nitrogen and oxygen atoms in total. The first-order valence-corrected chi connectivity index (χ1v) is 5.65. The van der Waals surface area contributed by atoms with Gasteiger partial charge in [0.1, 0.15) is 11.1 Å². The maximum Gasteiger partial charge on any atom is 0.323 e. The normalized spacial score (nSPS) is 12.2. The number of nitrogen functional groups attached to an aromatic ring is 1. The number of anilines is 1. The van der Waals surface area contributed by atoms with Gasteiger partial charge in [-0.05, 0) is 11.6 Å². The van der Waals surface area contributed by atoms with Gasteiger partial charge in [-0.2, -0.15) is 0 Å². The van der Waals surface area contributed by atoms with E-state index in [2.05, 4.69) is 14.7 Å². The van der Waals surface area contributed by atoms with E-state index in [4.69, 9.17) is 23.1 Å². The molecule has 8 heteroatoms. The van der Waals surface area contributed by atoms with Gasteiger partial charge in [-0.25, -0.2) is 9.97 Å². The summed E-state index contributed by atoms with van der Waals surface area (Å²) in [4.78, 5) is 18.7. The molecule has 4 N–H and O–H groups in total. The van der Waals surface area contributed by atoms with Gasteiger partial charge < -0.3 is 16.2 Å². The zero-order valence-corrected chi connectivity index (χ0v) is 10.1. The number of methoxy groups -OCH3 is 1. The Labute approximate surface area is 102 Å². The van der Waals surface area contributed by atoms with Crippen LogP contribution >= 0.6 is 23.4 Å². The fourth-order valence-electron chi connectivity index (χ4n) is 0.859. The fourth-order valence-corrected chi connectivity index (χ4v) is 1.89. The molecule has 1 aromatic heterocycles. The number of halogens is 1. The first-order chi connectivity index (χ1) is 7.54. The van der Waals surface area contributed by atoms with E-state index in [1.54, 1.807) is 0 Å². The number of hydrogen-bond donors (Lipinski definition) is 2. The molecular formula is C8H11ClN4O2S. The lowest BCUT2D eigenvalue weighted by Gasteiger charge is -2.09. The molecule has 0 saturated heterocycles. The molecule has 0 spiro atoms. The predicted molar refractivity (Wildman–Crippen MR) is 62.2 cm³/mol. The minimum Gasteiger partial charge on any atom is -0.468 e. The van der Waals surface area contributed by atoms with Crippen molar-refractivity contribution in [1.82, 2.24) is 9.97 Å². The van der Waals surface area contributed by atoms with Crippen molar-refractivity contribution in [1.29, 1.82) is 0 Å². The van der Waals surface area contributed by atoms with Crippen LogP contribution in [0, 0.1) is 0 Å². The molecule has 0 aromatic carbocycles. The van der Waals surface area contributed by atoms with E-state index < -0.39 is 12.0 Å². The van der Waals surface area contributed by atoms with Crippen LogP contribution in [0.4, 0.5) is 5.69 Å². The molecule has 0 amide bonds. The lowest BCUT2D eigenvalue weighted by atomic mass is 10.4. The van der Waals surface area contributed by atoms with Crippen LogP contribution in [0.1, 0.15) is 0 Å². The molecule has 0 aliphatic rings. The third-order valence-electron chi connectivity index (χ3n) is 1.65. The molecule has 16 heavy (non-hydrogen) atoms. The number of nitrogens with two attached hydrogens (primary N) is 2. The molecule has 1 heterocycles. The topological polar surface area (TPSA) is 104 Å². The molecule has 0 radical (unpaired) electrons. The minimum atomic E-state index is -0.719. The Balaban J connectivity index is 2.60. The van der Waals surface area contributed by atoms with Gasteiger partial charge in [-0.1, -0.05) is 0 Å². The summed E-state index contributed by atoms with van der Waals surface area (Å²) in [5.41, 5.74) is 11.6. The first kappa shape index (κ1) is 13.0. The summed E-state index contributed by atoms with van der Waals surface area (Å²) in [7, 11) is 1.28. The highest BCUT2D eigenvalue weighted by Gasteiger charge is 2.15. The summed E-state index contributed by atoms with van der Waals surface area (Å²) in [5, 5.41) is 0.600. The molecule has 0 aliphatic carbocycles. The summed E-state index contributed by atoms with van der Waals surface area (Å²) in [6.07, 6.45) is 1.40. The average molecular weight is 263 g/mol. The Morgan fingerprint density at radius 1 is 1.75 bits per heavy atom. The Morgan fingerprint density at radius 3 is 3.06 bits per heavy atom. The number of ether oxygens (including phenoxy) is 1. The molecule has 0 unspecified atom stereocenters. The average Bonchev–Trinajstić information content (AvgIpc) is 2.28. The van der Waals surface area contributed by atoms with Crippen molar-refractivity contribution in [3.63, 3.8) is 0 Å². The van der Waals surface area contributed by atoms with Crippen LogP contribution in [0.15, 0.2) is 11.2 Å². The number of nitrogens with zero attached hydrogens (tertiary/aromatic N) is 2. The van der Waals surface area contributed by atoms with E-state index in [-0.39, 0.29) is 5.28 Å². The first-order valence-electron chi connectivity index (χ1n) is 4.28. The number of thioether (sulfide) groups is 1. The van der Waals surface area contributed by atoms with Crippen molar-refractivity contribution >= 4 is 35.0 Å². The summed E-state index contributed by atoms with van der Waals surface area (Å²) in [5.74, 6) is -0.171. The Hall–Kier alpha value is -1.05. The molecule has 0 fully saturated rings. The molecule has 0 saturated carbocycles. The van der Waals surface area contributed by atoms with Gasteiger partial charge in [0.05, 0.1) is 19.0 Å². The van der Waals surface area contributed by atoms with Gasteiger partial charge >= 0.3 is 5.97 Å². The molecular weight excluding hydrogens is 252 g/mol. The largest absolute Gasteiger partial charge is 0.468 e. The Morgan fingerprint density at radius 2 is 2.44 bits per heavy atom. The van der Waals surface area contributed by atoms with Gasteiger partial charge in [0.15, 0.2) is 0 Å². The minimum absolute atomic E-state index is 0.100. The van der Waals surface area contributed by atoms with E-state index in [1.165, 1.54) is 25.1 Å². The molecule has 88 valence electrons. The smallest absolute Gasteiger partial charge is 0.323 e. The number of esters is 1. The van der Waals surface area contributed by atoms with Gasteiger partial charge in [0.25, 0.3) is 0 Å². The van der Waals surface area contributed by atoms with Crippen LogP contribution in [-0.2, 0) is 9.53 Å². The lowest BCUT2D eigenvalue weighted by molar-refractivity contribution is -0.141. The maximum atomic E-state index is 11.0. The Kier molecular flexibility index (Phi) is 4.78. The van der Waals surface area contributed by atoms with Gasteiger partial charge in [-0.3, -0.25) is 4.79 Å². The summed E-state index contributed by atoms with van der Waals surface area (Å²) < 4.78 is 4.49. The number of carbonyl (C=O) groups excluding carboxylic acids is 1. The van der Waals surface area contributed by atoms with Crippen molar-refractivity contribution in [2.24, 2.45) is 5.73 Å².